The molecule has 2 aromatic rings. The second kappa shape index (κ2) is 6.70. The largest absolute Gasteiger partial charge is 0.497 e. The Hall–Kier alpha value is -0.900. The zero-order valence-electron chi connectivity index (χ0n) is 11.1. The Bertz CT molecular complexity index is 578. The van der Waals surface area contributed by atoms with Gasteiger partial charge in [0.25, 0.3) is 0 Å². The topological polar surface area (TPSA) is 21.3 Å². The van der Waals surface area contributed by atoms with Crippen molar-refractivity contribution >= 4 is 44.8 Å². The van der Waals surface area contributed by atoms with Gasteiger partial charge in [-0.05, 0) is 36.8 Å². The number of halogens is 3. The van der Waals surface area contributed by atoms with Crippen LogP contribution in [0.5, 0.6) is 5.75 Å². The van der Waals surface area contributed by atoms with Crippen molar-refractivity contribution in [1.82, 2.24) is 0 Å². The Morgan fingerprint density at radius 2 is 1.65 bits per heavy atom. The Kier molecular flexibility index (Phi) is 5.19. The van der Waals surface area contributed by atoms with Crippen LogP contribution in [0.3, 0.4) is 0 Å². The van der Waals surface area contributed by atoms with Gasteiger partial charge in [-0.15, -0.1) is 0 Å². The third-order valence-corrected chi connectivity index (χ3v) is 4.04. The predicted molar refractivity (Wildman–Crippen MR) is 89.2 cm³/mol. The first kappa shape index (κ1) is 15.5. The van der Waals surface area contributed by atoms with Gasteiger partial charge in [-0.2, -0.15) is 0 Å². The van der Waals surface area contributed by atoms with Crippen LogP contribution in [-0.4, -0.2) is 7.11 Å². The Morgan fingerprint density at radius 3 is 2.15 bits per heavy atom. The molecular formula is C15H14BrCl2NO. The van der Waals surface area contributed by atoms with Gasteiger partial charge < -0.3 is 10.1 Å². The number of ether oxygens (including phenoxy) is 1. The van der Waals surface area contributed by atoms with Crippen molar-refractivity contribution in [3.63, 3.8) is 0 Å². The minimum atomic E-state index is 0.0806. The minimum Gasteiger partial charge on any atom is -0.497 e. The molecule has 0 saturated carbocycles. The van der Waals surface area contributed by atoms with E-state index in [1.54, 1.807) is 7.11 Å². The van der Waals surface area contributed by atoms with Gasteiger partial charge in [0.2, 0.25) is 0 Å². The van der Waals surface area contributed by atoms with Crippen LogP contribution in [0, 0.1) is 0 Å². The predicted octanol–water partition coefficient (Wildman–Crippen LogP) is 5.94. The smallest absolute Gasteiger partial charge is 0.118 e. The van der Waals surface area contributed by atoms with E-state index in [-0.39, 0.29) is 6.04 Å². The van der Waals surface area contributed by atoms with E-state index in [9.17, 15) is 0 Å². The minimum absolute atomic E-state index is 0.0806. The normalized spacial score (nSPS) is 12.1. The lowest BCUT2D eigenvalue weighted by molar-refractivity contribution is 0.414. The van der Waals surface area contributed by atoms with Crippen molar-refractivity contribution < 1.29 is 4.74 Å². The molecule has 106 valence electrons. The second-order valence-corrected chi connectivity index (χ2v) is 6.11. The molecule has 0 radical (unpaired) electrons. The molecule has 0 aliphatic rings. The maximum Gasteiger partial charge on any atom is 0.118 e. The van der Waals surface area contributed by atoms with Gasteiger partial charge in [0.15, 0.2) is 0 Å². The average molecular weight is 375 g/mol. The molecule has 0 fully saturated rings. The highest BCUT2D eigenvalue weighted by atomic mass is 79.9. The number of methoxy groups -OCH3 is 1. The lowest BCUT2D eigenvalue weighted by atomic mass is 10.1. The van der Waals surface area contributed by atoms with E-state index in [0.29, 0.717) is 10.0 Å². The summed E-state index contributed by atoms with van der Waals surface area (Å²) in [6, 6.07) is 11.6. The maximum atomic E-state index is 6.22. The summed E-state index contributed by atoms with van der Waals surface area (Å²) >= 11 is 15.8. The second-order valence-electron chi connectivity index (χ2n) is 4.38. The van der Waals surface area contributed by atoms with Crippen LogP contribution >= 0.6 is 39.1 Å². The van der Waals surface area contributed by atoms with Gasteiger partial charge in [0.1, 0.15) is 5.75 Å². The average Bonchev–Trinajstić information content (AvgIpc) is 2.42. The van der Waals surface area contributed by atoms with E-state index in [4.69, 9.17) is 27.9 Å². The molecule has 1 N–H and O–H groups in total. The third kappa shape index (κ3) is 3.60. The van der Waals surface area contributed by atoms with Gasteiger partial charge in [0.05, 0.1) is 22.8 Å². The summed E-state index contributed by atoms with van der Waals surface area (Å²) in [4.78, 5) is 0. The molecule has 2 nitrogen and oxygen atoms in total. The van der Waals surface area contributed by atoms with Crippen LogP contribution in [0.4, 0.5) is 5.69 Å². The first-order valence-corrected chi connectivity index (χ1v) is 7.61. The lowest BCUT2D eigenvalue weighted by Gasteiger charge is -2.18. The third-order valence-electron chi connectivity index (χ3n) is 2.98. The van der Waals surface area contributed by atoms with Crippen molar-refractivity contribution in [2.24, 2.45) is 0 Å². The number of rotatable bonds is 4. The van der Waals surface area contributed by atoms with Crippen molar-refractivity contribution in [1.29, 1.82) is 0 Å². The van der Waals surface area contributed by atoms with Crippen molar-refractivity contribution in [3.05, 3.63) is 56.5 Å². The zero-order chi connectivity index (χ0) is 14.7. The first-order chi connectivity index (χ1) is 9.51. The summed E-state index contributed by atoms with van der Waals surface area (Å²) in [6.07, 6.45) is 0. The molecular weight excluding hydrogens is 361 g/mol. The monoisotopic (exact) mass is 373 g/mol. The highest BCUT2D eigenvalue weighted by Gasteiger charge is 2.12. The van der Waals surface area contributed by atoms with E-state index in [0.717, 1.165) is 21.5 Å². The highest BCUT2D eigenvalue weighted by Crippen LogP contribution is 2.36. The van der Waals surface area contributed by atoms with E-state index < -0.39 is 0 Å². The summed E-state index contributed by atoms with van der Waals surface area (Å²) in [6.45, 7) is 2.05. The fraction of sp³-hybridized carbons (Fsp3) is 0.200. The summed E-state index contributed by atoms with van der Waals surface area (Å²) in [5, 5.41) is 4.51. The van der Waals surface area contributed by atoms with E-state index >= 15 is 0 Å². The highest BCUT2D eigenvalue weighted by molar-refractivity contribution is 9.10. The summed E-state index contributed by atoms with van der Waals surface area (Å²) in [7, 11) is 1.65. The SMILES string of the molecule is COc1ccc(C(C)Nc2c(Cl)cc(Br)cc2Cl)cc1. The molecule has 1 atom stereocenters. The van der Waals surface area contributed by atoms with E-state index in [2.05, 4.69) is 28.2 Å². The van der Waals surface area contributed by atoms with Gasteiger partial charge in [0, 0.05) is 10.5 Å². The Labute approximate surface area is 137 Å². The number of hydrogen-bond donors (Lipinski definition) is 1. The van der Waals surface area contributed by atoms with E-state index in [1.165, 1.54) is 0 Å². The van der Waals surface area contributed by atoms with Gasteiger partial charge >= 0.3 is 0 Å². The molecule has 5 heteroatoms. The molecule has 0 heterocycles. The summed E-state index contributed by atoms with van der Waals surface area (Å²) in [5.41, 5.74) is 1.86. The van der Waals surface area contributed by atoms with Gasteiger partial charge in [-0.1, -0.05) is 51.3 Å². The van der Waals surface area contributed by atoms with Crippen LogP contribution in [-0.2, 0) is 0 Å². The molecule has 0 amide bonds. The number of benzene rings is 2. The zero-order valence-corrected chi connectivity index (χ0v) is 14.2. The van der Waals surface area contributed by atoms with Gasteiger partial charge in [-0.3, -0.25) is 0 Å². The molecule has 20 heavy (non-hydrogen) atoms. The number of hydrogen-bond acceptors (Lipinski definition) is 2. The van der Waals surface area contributed by atoms with E-state index in [1.807, 2.05) is 36.4 Å². The number of nitrogens with one attached hydrogen (secondary N) is 1. The molecule has 0 spiro atoms. The van der Waals surface area contributed by atoms with Gasteiger partial charge in [-0.25, -0.2) is 0 Å². The molecule has 0 aromatic heterocycles. The quantitative estimate of drug-likeness (QED) is 0.715. The van der Waals surface area contributed by atoms with Crippen molar-refractivity contribution in [2.45, 2.75) is 13.0 Å². The fourth-order valence-electron chi connectivity index (χ4n) is 1.87. The fourth-order valence-corrected chi connectivity index (χ4v) is 3.19. The van der Waals surface area contributed by atoms with Crippen LogP contribution in [0.1, 0.15) is 18.5 Å². The standard InChI is InChI=1S/C15H14BrCl2NO/c1-9(10-3-5-12(20-2)6-4-10)19-15-13(17)7-11(16)8-14(15)18/h3-9,19H,1-2H3. The summed E-state index contributed by atoms with van der Waals surface area (Å²) < 4.78 is 6.01. The van der Waals surface area contributed by atoms with Crippen molar-refractivity contribution in [2.75, 3.05) is 12.4 Å². The first-order valence-electron chi connectivity index (χ1n) is 6.06. The molecule has 2 aromatic carbocycles. The van der Waals surface area contributed by atoms with Crippen LogP contribution in [0.15, 0.2) is 40.9 Å². The maximum absolute atomic E-state index is 6.22. The Balaban J connectivity index is 2.20. The molecule has 0 saturated heterocycles. The Morgan fingerprint density at radius 1 is 1.10 bits per heavy atom. The molecule has 0 aliphatic heterocycles. The molecule has 2 rings (SSSR count). The summed E-state index contributed by atoms with van der Waals surface area (Å²) in [5.74, 6) is 0.834. The molecule has 0 bridgehead atoms. The van der Waals surface area contributed by atoms with Crippen molar-refractivity contribution in [3.8, 4) is 5.75 Å². The van der Waals surface area contributed by atoms with Crippen LogP contribution in [0.2, 0.25) is 10.0 Å². The lowest BCUT2D eigenvalue weighted by Crippen LogP contribution is -2.07. The molecule has 0 aliphatic carbocycles. The van der Waals surface area contributed by atoms with Crippen LogP contribution in [0.25, 0.3) is 0 Å². The molecule has 1 unspecified atom stereocenters. The van der Waals surface area contributed by atoms with Crippen LogP contribution < -0.4 is 10.1 Å². The number of anilines is 1.